The normalized spacial score (nSPS) is 11.6. The number of anilines is 2. The van der Waals surface area contributed by atoms with Crippen molar-refractivity contribution in [1.82, 2.24) is 19.3 Å². The SMILES string of the molecule is Cn1ncc(CNc2nccn(C(C)(C)C)c2=O)c1N. The number of nitrogen functional groups attached to an aromatic ring is 1. The van der Waals surface area contributed by atoms with E-state index in [4.69, 9.17) is 5.73 Å². The number of nitrogens with one attached hydrogen (secondary N) is 1. The predicted octanol–water partition coefficient (Wildman–Crippen LogP) is 0.926. The Morgan fingerprint density at radius 3 is 2.65 bits per heavy atom. The molecule has 20 heavy (non-hydrogen) atoms. The first kappa shape index (κ1) is 14.1. The van der Waals surface area contributed by atoms with E-state index in [0.29, 0.717) is 18.2 Å². The molecule has 0 saturated carbocycles. The zero-order valence-electron chi connectivity index (χ0n) is 12.2. The van der Waals surface area contributed by atoms with E-state index in [2.05, 4.69) is 15.4 Å². The van der Waals surface area contributed by atoms with Crippen molar-refractivity contribution in [3.8, 4) is 0 Å². The number of aromatic nitrogens is 4. The van der Waals surface area contributed by atoms with Crippen LogP contribution in [-0.4, -0.2) is 19.3 Å². The van der Waals surface area contributed by atoms with Gasteiger partial charge in [0.15, 0.2) is 5.82 Å². The van der Waals surface area contributed by atoms with Gasteiger partial charge in [0.05, 0.1) is 6.20 Å². The summed E-state index contributed by atoms with van der Waals surface area (Å²) < 4.78 is 3.23. The van der Waals surface area contributed by atoms with Crippen LogP contribution in [0.15, 0.2) is 23.4 Å². The lowest BCUT2D eigenvalue weighted by molar-refractivity contribution is 0.383. The molecule has 2 aromatic rings. The number of aryl methyl sites for hydroxylation is 1. The van der Waals surface area contributed by atoms with Crippen LogP contribution in [0.25, 0.3) is 0 Å². The van der Waals surface area contributed by atoms with Crippen molar-refractivity contribution in [2.75, 3.05) is 11.1 Å². The fourth-order valence-corrected chi connectivity index (χ4v) is 1.87. The van der Waals surface area contributed by atoms with E-state index in [1.54, 1.807) is 34.9 Å². The third kappa shape index (κ3) is 2.66. The molecule has 0 aliphatic heterocycles. The summed E-state index contributed by atoms with van der Waals surface area (Å²) >= 11 is 0. The summed E-state index contributed by atoms with van der Waals surface area (Å²) in [6.07, 6.45) is 4.97. The van der Waals surface area contributed by atoms with Crippen molar-refractivity contribution in [3.05, 3.63) is 34.5 Å². The molecule has 0 saturated heterocycles. The topological polar surface area (TPSA) is 90.8 Å². The third-order valence-electron chi connectivity index (χ3n) is 3.07. The Kier molecular flexibility index (Phi) is 3.52. The minimum atomic E-state index is -0.288. The molecular weight excluding hydrogens is 256 g/mol. The predicted molar refractivity (Wildman–Crippen MR) is 78.4 cm³/mol. The van der Waals surface area contributed by atoms with Crippen LogP contribution in [0.4, 0.5) is 11.6 Å². The molecular formula is C13H20N6O. The highest BCUT2D eigenvalue weighted by molar-refractivity contribution is 5.42. The van der Waals surface area contributed by atoms with Crippen molar-refractivity contribution in [2.24, 2.45) is 7.05 Å². The highest BCUT2D eigenvalue weighted by Gasteiger charge is 2.16. The summed E-state index contributed by atoms with van der Waals surface area (Å²) in [5, 5.41) is 7.07. The Morgan fingerprint density at radius 1 is 1.40 bits per heavy atom. The van der Waals surface area contributed by atoms with Crippen LogP contribution in [0.2, 0.25) is 0 Å². The average molecular weight is 276 g/mol. The lowest BCUT2D eigenvalue weighted by Crippen LogP contribution is -2.35. The summed E-state index contributed by atoms with van der Waals surface area (Å²) in [6, 6.07) is 0. The molecule has 0 amide bonds. The molecule has 108 valence electrons. The zero-order chi connectivity index (χ0) is 14.9. The first-order valence-electron chi connectivity index (χ1n) is 6.39. The van der Waals surface area contributed by atoms with E-state index in [1.165, 1.54) is 0 Å². The molecule has 2 rings (SSSR count). The Morgan fingerprint density at radius 2 is 2.10 bits per heavy atom. The smallest absolute Gasteiger partial charge is 0.293 e. The summed E-state index contributed by atoms with van der Waals surface area (Å²) in [5.41, 5.74) is 6.26. The Labute approximate surface area is 117 Å². The van der Waals surface area contributed by atoms with Gasteiger partial charge in [-0.15, -0.1) is 0 Å². The highest BCUT2D eigenvalue weighted by atomic mass is 16.1. The molecule has 0 atom stereocenters. The van der Waals surface area contributed by atoms with Crippen LogP contribution in [0, 0.1) is 0 Å². The fourth-order valence-electron chi connectivity index (χ4n) is 1.87. The lowest BCUT2D eigenvalue weighted by atomic mass is 10.1. The maximum atomic E-state index is 12.3. The van der Waals surface area contributed by atoms with Gasteiger partial charge in [-0.25, -0.2) is 4.98 Å². The van der Waals surface area contributed by atoms with Gasteiger partial charge in [0.25, 0.3) is 5.56 Å². The fraction of sp³-hybridized carbons (Fsp3) is 0.462. The van der Waals surface area contributed by atoms with Gasteiger partial charge in [0.1, 0.15) is 5.82 Å². The summed E-state index contributed by atoms with van der Waals surface area (Å²) in [7, 11) is 1.77. The minimum Gasteiger partial charge on any atom is -0.384 e. The molecule has 7 nitrogen and oxygen atoms in total. The van der Waals surface area contributed by atoms with Gasteiger partial charge in [0, 0.05) is 37.1 Å². The number of hydrogen-bond donors (Lipinski definition) is 2. The van der Waals surface area contributed by atoms with Crippen LogP contribution < -0.4 is 16.6 Å². The quantitative estimate of drug-likeness (QED) is 0.870. The van der Waals surface area contributed by atoms with Gasteiger partial charge < -0.3 is 15.6 Å². The average Bonchev–Trinajstić information content (AvgIpc) is 2.67. The molecule has 2 heterocycles. The lowest BCUT2D eigenvalue weighted by Gasteiger charge is -2.22. The molecule has 0 fully saturated rings. The van der Waals surface area contributed by atoms with Crippen molar-refractivity contribution >= 4 is 11.6 Å². The molecule has 3 N–H and O–H groups in total. The monoisotopic (exact) mass is 276 g/mol. The second-order valence-electron chi connectivity index (χ2n) is 5.65. The molecule has 2 aromatic heterocycles. The number of hydrogen-bond acceptors (Lipinski definition) is 5. The van der Waals surface area contributed by atoms with Crippen LogP contribution >= 0.6 is 0 Å². The number of nitrogens with two attached hydrogens (primary N) is 1. The summed E-state index contributed by atoms with van der Waals surface area (Å²) in [5.74, 6) is 0.884. The Hall–Kier alpha value is -2.31. The van der Waals surface area contributed by atoms with Gasteiger partial charge in [-0.05, 0) is 20.8 Å². The van der Waals surface area contributed by atoms with E-state index in [-0.39, 0.29) is 11.1 Å². The van der Waals surface area contributed by atoms with E-state index in [0.717, 1.165) is 5.56 Å². The molecule has 0 radical (unpaired) electrons. The van der Waals surface area contributed by atoms with Crippen LogP contribution in [0.3, 0.4) is 0 Å². The van der Waals surface area contributed by atoms with Gasteiger partial charge in [-0.2, -0.15) is 5.10 Å². The van der Waals surface area contributed by atoms with Crippen LogP contribution in [0.1, 0.15) is 26.3 Å². The summed E-state index contributed by atoms with van der Waals surface area (Å²) in [4.78, 5) is 16.4. The van der Waals surface area contributed by atoms with E-state index in [1.807, 2.05) is 20.8 Å². The number of nitrogens with zero attached hydrogens (tertiary/aromatic N) is 4. The van der Waals surface area contributed by atoms with Crippen molar-refractivity contribution in [3.63, 3.8) is 0 Å². The third-order valence-corrected chi connectivity index (χ3v) is 3.07. The molecule has 0 aliphatic carbocycles. The second kappa shape index (κ2) is 4.99. The molecule has 7 heteroatoms. The molecule has 0 spiro atoms. The van der Waals surface area contributed by atoms with E-state index in [9.17, 15) is 4.79 Å². The standard InChI is InChI=1S/C13H20N6O/c1-13(2,3)19-6-5-15-11(12(19)20)16-7-9-8-17-18(4)10(9)14/h5-6,8H,7,14H2,1-4H3,(H,15,16). The van der Waals surface area contributed by atoms with Gasteiger partial charge in [-0.3, -0.25) is 9.48 Å². The largest absolute Gasteiger partial charge is 0.384 e. The van der Waals surface area contributed by atoms with Crippen LogP contribution in [-0.2, 0) is 19.1 Å². The van der Waals surface area contributed by atoms with E-state index < -0.39 is 0 Å². The van der Waals surface area contributed by atoms with Crippen molar-refractivity contribution in [2.45, 2.75) is 32.9 Å². The molecule has 0 aliphatic rings. The van der Waals surface area contributed by atoms with Crippen LogP contribution in [0.5, 0.6) is 0 Å². The molecule has 0 bridgehead atoms. The number of rotatable bonds is 3. The zero-order valence-corrected chi connectivity index (χ0v) is 12.2. The maximum Gasteiger partial charge on any atom is 0.293 e. The minimum absolute atomic E-state index is 0.150. The summed E-state index contributed by atoms with van der Waals surface area (Å²) in [6.45, 7) is 6.32. The second-order valence-corrected chi connectivity index (χ2v) is 5.65. The maximum absolute atomic E-state index is 12.3. The van der Waals surface area contributed by atoms with E-state index >= 15 is 0 Å². The molecule has 0 aromatic carbocycles. The van der Waals surface area contributed by atoms with Crippen molar-refractivity contribution in [1.29, 1.82) is 0 Å². The van der Waals surface area contributed by atoms with Gasteiger partial charge in [-0.1, -0.05) is 0 Å². The first-order valence-corrected chi connectivity index (χ1v) is 6.39. The Balaban J connectivity index is 2.23. The van der Waals surface area contributed by atoms with Gasteiger partial charge >= 0.3 is 0 Å². The first-order chi connectivity index (χ1) is 9.30. The van der Waals surface area contributed by atoms with Gasteiger partial charge in [0.2, 0.25) is 0 Å². The molecule has 0 unspecified atom stereocenters. The van der Waals surface area contributed by atoms with Crippen molar-refractivity contribution < 1.29 is 0 Å². The Bertz CT molecular complexity index is 664. The highest BCUT2D eigenvalue weighted by Crippen LogP contribution is 2.12.